The number of piperazine rings is 1. The third-order valence-corrected chi connectivity index (χ3v) is 8.19. The molecule has 0 atom stereocenters. The molecule has 3 aliphatic rings. The Balaban J connectivity index is 1.26. The van der Waals surface area contributed by atoms with E-state index in [4.69, 9.17) is 9.97 Å². The molecule has 2 aromatic heterocycles. The zero-order valence-corrected chi connectivity index (χ0v) is 20.6. The third-order valence-electron chi connectivity index (χ3n) is 7.24. The largest absolute Gasteiger partial charge is 0.338 e. The summed E-state index contributed by atoms with van der Waals surface area (Å²) in [5.41, 5.74) is 3.75. The second-order valence-electron chi connectivity index (χ2n) is 9.11. The normalized spacial score (nSPS) is 20.1. The van der Waals surface area contributed by atoms with Gasteiger partial charge in [-0.3, -0.25) is 14.4 Å². The molecule has 0 aromatic carbocycles. The van der Waals surface area contributed by atoms with E-state index in [9.17, 15) is 4.79 Å². The molecule has 8 nitrogen and oxygen atoms in total. The van der Waals surface area contributed by atoms with Gasteiger partial charge in [-0.25, -0.2) is 9.97 Å². The number of amides is 1. The summed E-state index contributed by atoms with van der Waals surface area (Å²) in [6, 6.07) is 0.807. The van der Waals surface area contributed by atoms with Gasteiger partial charge >= 0.3 is 0 Å². The third kappa shape index (κ3) is 4.05. The van der Waals surface area contributed by atoms with E-state index in [1.165, 1.54) is 19.3 Å². The summed E-state index contributed by atoms with van der Waals surface area (Å²) in [6.07, 6.45) is 7.64. The Morgan fingerprint density at radius 2 is 1.88 bits per heavy atom. The van der Waals surface area contributed by atoms with Crippen LogP contribution in [0.25, 0.3) is 0 Å². The maximum absolute atomic E-state index is 13.3. The lowest BCUT2D eigenvalue weighted by Gasteiger charge is -2.43. The first kappa shape index (κ1) is 21.8. The van der Waals surface area contributed by atoms with E-state index in [2.05, 4.69) is 30.8 Å². The predicted octanol–water partition coefficient (Wildman–Crippen LogP) is 2.68. The molecule has 1 saturated heterocycles. The van der Waals surface area contributed by atoms with Gasteiger partial charge in [0, 0.05) is 64.5 Å². The van der Waals surface area contributed by atoms with Crippen LogP contribution in [-0.2, 0) is 19.4 Å². The number of carbonyl (C=O) groups is 1. The maximum Gasteiger partial charge on any atom is 0.273 e. The van der Waals surface area contributed by atoms with Crippen LogP contribution in [0, 0.1) is 6.92 Å². The fourth-order valence-corrected chi connectivity index (χ4v) is 5.46. The second-order valence-corrected chi connectivity index (χ2v) is 9.90. The number of anilines is 1. The number of hydrogen-bond acceptors (Lipinski definition) is 6. The van der Waals surface area contributed by atoms with Crippen LogP contribution in [-0.4, -0.2) is 80.8 Å². The Bertz CT molecular complexity index is 994. The highest BCUT2D eigenvalue weighted by Crippen LogP contribution is 2.27. The monoisotopic (exact) mass is 501 g/mol. The first-order valence-corrected chi connectivity index (χ1v) is 12.7. The Kier molecular flexibility index (Phi) is 6.20. The number of halogens is 1. The average molecular weight is 502 g/mol. The van der Waals surface area contributed by atoms with Gasteiger partial charge in [-0.1, -0.05) is 6.42 Å². The van der Waals surface area contributed by atoms with Crippen molar-refractivity contribution in [3.05, 3.63) is 33.3 Å². The molecule has 9 heteroatoms. The van der Waals surface area contributed by atoms with Crippen molar-refractivity contribution in [3.8, 4) is 0 Å². The molecule has 4 heterocycles. The summed E-state index contributed by atoms with van der Waals surface area (Å²) >= 11 is 3.57. The summed E-state index contributed by atoms with van der Waals surface area (Å²) < 4.78 is 2.59. The molecule has 1 aliphatic carbocycles. The van der Waals surface area contributed by atoms with Gasteiger partial charge in [0.15, 0.2) is 0 Å². The zero-order chi connectivity index (χ0) is 22.2. The van der Waals surface area contributed by atoms with Gasteiger partial charge in [0.2, 0.25) is 5.95 Å². The van der Waals surface area contributed by atoms with Gasteiger partial charge in [0.25, 0.3) is 5.91 Å². The summed E-state index contributed by atoms with van der Waals surface area (Å²) in [5, 5.41) is 4.49. The molecular formula is C23H32BrN7O. The first-order chi connectivity index (χ1) is 15.5. The fourth-order valence-electron chi connectivity index (χ4n) is 5.00. The Morgan fingerprint density at radius 1 is 1.12 bits per heavy atom. The Hall–Kier alpha value is -2.00. The molecule has 0 radical (unpaired) electrons. The van der Waals surface area contributed by atoms with Gasteiger partial charge in [-0.2, -0.15) is 5.10 Å². The van der Waals surface area contributed by atoms with Crippen molar-refractivity contribution in [2.75, 3.05) is 44.2 Å². The van der Waals surface area contributed by atoms with Crippen molar-refractivity contribution in [2.45, 2.75) is 58.5 Å². The summed E-state index contributed by atoms with van der Waals surface area (Å²) in [7, 11) is 0. The van der Waals surface area contributed by atoms with Crippen LogP contribution in [0.3, 0.4) is 0 Å². The van der Waals surface area contributed by atoms with Gasteiger partial charge in [0.05, 0.1) is 15.9 Å². The minimum atomic E-state index is 0.0347. The van der Waals surface area contributed by atoms with Crippen LogP contribution >= 0.6 is 15.9 Å². The fraction of sp³-hybridized carbons (Fsp3) is 0.652. The molecule has 2 aromatic rings. The highest BCUT2D eigenvalue weighted by Gasteiger charge is 2.30. The Labute approximate surface area is 198 Å². The van der Waals surface area contributed by atoms with Crippen molar-refractivity contribution in [1.82, 2.24) is 29.5 Å². The average Bonchev–Trinajstić information content (AvgIpc) is 2.93. The van der Waals surface area contributed by atoms with Crippen LogP contribution in [0.4, 0.5) is 5.95 Å². The molecule has 1 amide bonds. The van der Waals surface area contributed by atoms with E-state index in [0.29, 0.717) is 25.3 Å². The minimum absolute atomic E-state index is 0.0347. The molecule has 0 spiro atoms. The van der Waals surface area contributed by atoms with Gasteiger partial charge in [0.1, 0.15) is 5.69 Å². The number of rotatable bonds is 4. The molecule has 1 saturated carbocycles. The van der Waals surface area contributed by atoms with E-state index in [1.54, 1.807) is 4.68 Å². The van der Waals surface area contributed by atoms with Gasteiger partial charge in [-0.15, -0.1) is 0 Å². The van der Waals surface area contributed by atoms with E-state index < -0.39 is 0 Å². The number of aromatic nitrogens is 4. The van der Waals surface area contributed by atoms with E-state index in [0.717, 1.165) is 72.4 Å². The highest BCUT2D eigenvalue weighted by molar-refractivity contribution is 9.10. The lowest BCUT2D eigenvalue weighted by molar-refractivity contribution is 0.0749. The molecule has 0 N–H and O–H groups in total. The van der Waals surface area contributed by atoms with Crippen molar-refractivity contribution in [3.63, 3.8) is 0 Å². The Morgan fingerprint density at radius 3 is 2.56 bits per heavy atom. The second kappa shape index (κ2) is 9.09. The van der Waals surface area contributed by atoms with Gasteiger partial charge in [-0.05, 0) is 54.6 Å². The number of carbonyl (C=O) groups excluding carboxylic acids is 1. The number of fused-ring (bicyclic) bond motifs is 1. The van der Waals surface area contributed by atoms with Gasteiger partial charge < -0.3 is 9.80 Å². The van der Waals surface area contributed by atoms with E-state index >= 15 is 0 Å². The van der Waals surface area contributed by atoms with Crippen LogP contribution in [0.5, 0.6) is 0 Å². The number of hydrogen-bond donors (Lipinski definition) is 0. The molecular weight excluding hydrogens is 470 g/mol. The maximum atomic E-state index is 13.3. The van der Waals surface area contributed by atoms with Crippen LogP contribution in [0.15, 0.2) is 10.7 Å². The predicted molar refractivity (Wildman–Crippen MR) is 127 cm³/mol. The smallest absolute Gasteiger partial charge is 0.273 e. The number of aryl methyl sites for hydroxylation is 2. The van der Waals surface area contributed by atoms with Crippen LogP contribution < -0.4 is 4.90 Å². The molecule has 32 heavy (non-hydrogen) atoms. The topological polar surface area (TPSA) is 70.4 Å². The lowest BCUT2D eigenvalue weighted by atomic mass is 9.91. The summed E-state index contributed by atoms with van der Waals surface area (Å²) in [6.45, 7) is 10.1. The SMILES string of the molecule is CCn1nc(C)c(Br)c1C(=O)N1CCc2cnc(N3CCN(C4CCC4)CC3)nc2CC1. The molecule has 2 aliphatic heterocycles. The molecule has 0 unspecified atom stereocenters. The number of nitrogens with zero attached hydrogens (tertiary/aromatic N) is 7. The minimum Gasteiger partial charge on any atom is -0.338 e. The van der Waals surface area contributed by atoms with Crippen molar-refractivity contribution in [2.24, 2.45) is 0 Å². The van der Waals surface area contributed by atoms with Crippen molar-refractivity contribution >= 4 is 27.8 Å². The van der Waals surface area contributed by atoms with Crippen LogP contribution in [0.2, 0.25) is 0 Å². The van der Waals surface area contributed by atoms with Crippen LogP contribution in [0.1, 0.15) is 53.6 Å². The standard InChI is InChI=1S/C23H32BrN7O/c1-3-31-21(20(24)16(2)27-31)22(32)29-9-7-17-15-25-23(26-19(17)8-10-29)30-13-11-28(12-14-30)18-5-4-6-18/h15,18H,3-14H2,1-2H3. The van der Waals surface area contributed by atoms with Crippen molar-refractivity contribution < 1.29 is 4.79 Å². The van der Waals surface area contributed by atoms with Crippen molar-refractivity contribution in [1.29, 1.82) is 0 Å². The highest BCUT2D eigenvalue weighted by atomic mass is 79.9. The molecule has 0 bridgehead atoms. The summed E-state index contributed by atoms with van der Waals surface area (Å²) in [5.74, 6) is 0.881. The molecule has 5 rings (SSSR count). The zero-order valence-electron chi connectivity index (χ0n) is 19.1. The lowest BCUT2D eigenvalue weighted by Crippen LogP contribution is -2.52. The molecule has 172 valence electrons. The first-order valence-electron chi connectivity index (χ1n) is 11.9. The van der Waals surface area contributed by atoms with E-state index in [1.807, 2.05) is 24.9 Å². The summed E-state index contributed by atoms with van der Waals surface area (Å²) in [4.78, 5) is 29.9. The van der Waals surface area contributed by atoms with E-state index in [-0.39, 0.29) is 5.91 Å². The quantitative estimate of drug-likeness (QED) is 0.641. The molecule has 2 fully saturated rings.